The molecule has 0 aromatic carbocycles. The minimum atomic E-state index is 0.306. The van der Waals surface area contributed by atoms with Crippen LogP contribution in [0.15, 0.2) is 0 Å². The molecule has 34 valence electrons. The molecule has 1 atom stereocenters. The number of carbonyl (C=O) groups is 1. The Morgan fingerprint density at radius 3 is 2.50 bits per heavy atom. The van der Waals surface area contributed by atoms with E-state index in [0.717, 1.165) is 0 Å². The highest BCUT2D eigenvalue weighted by Crippen LogP contribution is 1.81. The van der Waals surface area contributed by atoms with Crippen molar-refractivity contribution >= 4 is 21.8 Å². The average Bonchev–Trinajstić information content (AvgIpc) is 1.65. The van der Waals surface area contributed by atoms with Crippen molar-refractivity contribution in [3.8, 4) is 0 Å². The summed E-state index contributed by atoms with van der Waals surface area (Å²) in [5, 5.41) is 0. The Bertz CT molecular complexity index is 48.8. The van der Waals surface area contributed by atoms with Crippen molar-refractivity contribution in [1.82, 2.24) is 0 Å². The summed E-state index contributed by atoms with van der Waals surface area (Å²) in [5.74, 6) is 0. The molecule has 0 aliphatic carbocycles. The van der Waals surface area contributed by atoms with Gasteiger partial charge in [-0.05, 0) is 6.42 Å². The molecule has 0 radical (unpaired) electrons. The lowest BCUT2D eigenvalue weighted by Crippen LogP contribution is -1.97. The zero-order chi connectivity index (χ0) is 4.99. The van der Waals surface area contributed by atoms with Crippen molar-refractivity contribution in [3.05, 3.63) is 0 Å². The Morgan fingerprint density at radius 1 is 2.00 bits per heavy atom. The van der Waals surface area contributed by atoms with Gasteiger partial charge in [-0.15, -0.1) is 0 Å². The summed E-state index contributed by atoms with van der Waals surface area (Å²) in [7, 11) is 2.39. The van der Waals surface area contributed by atoms with Gasteiger partial charge in [0.1, 0.15) is 0 Å². The van der Waals surface area contributed by atoms with Crippen LogP contribution in [0, 0.1) is 0 Å². The largest absolute Gasteiger partial charge is 0.311 e. The van der Waals surface area contributed by atoms with Gasteiger partial charge in [0.2, 0.25) is 7.00 Å². The van der Waals surface area contributed by atoms with Gasteiger partial charge in [-0.1, -0.05) is 6.92 Å². The minimum Gasteiger partial charge on any atom is -0.311 e. The van der Waals surface area contributed by atoms with Crippen LogP contribution in [-0.4, -0.2) is 12.7 Å². The summed E-state index contributed by atoms with van der Waals surface area (Å²) in [6, 6.07) is 0. The molecule has 6 heavy (non-hydrogen) atoms. The van der Waals surface area contributed by atoms with Gasteiger partial charge in [0, 0.05) is 0 Å². The first kappa shape index (κ1) is 6.16. The fourth-order valence-corrected chi connectivity index (χ4v) is 0.433. The first-order valence-electron chi connectivity index (χ1n) is 2.03. The predicted molar refractivity (Wildman–Crippen MR) is 32.2 cm³/mol. The maximum atomic E-state index is 10.2. The number of carbonyl (C=O) groups excluding carboxylic acids is 1. The van der Waals surface area contributed by atoms with Crippen LogP contribution in [0.5, 0.6) is 0 Å². The normalized spacial score (nSPS) is 7.67. The van der Waals surface area contributed by atoms with Crippen LogP contribution in [0.25, 0.3) is 0 Å². The Hall–Kier alpha value is 0.165. The van der Waals surface area contributed by atoms with E-state index in [1.165, 1.54) is 0 Å². The van der Waals surface area contributed by atoms with Crippen molar-refractivity contribution in [2.45, 2.75) is 13.3 Å². The van der Waals surface area contributed by atoms with Gasteiger partial charge in [0.15, 0.2) is 0 Å². The van der Waals surface area contributed by atoms with Gasteiger partial charge >= 0.3 is 0 Å². The number of hydrogen-bond acceptors (Lipinski definition) is 1. The van der Waals surface area contributed by atoms with E-state index in [1.54, 1.807) is 0 Å². The molecule has 0 amide bonds. The van der Waals surface area contributed by atoms with Crippen LogP contribution in [0.3, 0.4) is 0 Å². The Morgan fingerprint density at radius 2 is 2.50 bits per heavy atom. The van der Waals surface area contributed by atoms with E-state index in [2.05, 4.69) is 9.12 Å². The maximum Gasteiger partial charge on any atom is 0.227 e. The molecule has 0 N–H and O–H groups in total. The van der Waals surface area contributed by atoms with E-state index in [4.69, 9.17) is 0 Å². The third kappa shape index (κ3) is 2.41. The Kier molecular flexibility index (Phi) is 3.45. The van der Waals surface area contributed by atoms with E-state index in [1.807, 2.05) is 6.92 Å². The highest BCUT2D eigenvalue weighted by Gasteiger charge is 1.89. The molecule has 0 aromatic heterocycles. The molecule has 0 aliphatic rings. The molecule has 1 unspecified atom stereocenters. The van der Waals surface area contributed by atoms with E-state index < -0.39 is 0 Å². The summed E-state index contributed by atoms with van der Waals surface area (Å²) in [6.45, 7) is 2.48. The van der Waals surface area contributed by atoms with E-state index in [-0.39, 0.29) is 0 Å². The van der Waals surface area contributed by atoms with Crippen molar-refractivity contribution in [3.63, 3.8) is 0 Å². The molecule has 0 bridgehead atoms. The van der Waals surface area contributed by atoms with Crippen LogP contribution >= 0.6 is 9.12 Å². The third-order valence-corrected chi connectivity index (χ3v) is 1.08. The predicted octanol–water partition coefficient (Wildman–Crippen LogP) is 0.150. The fourth-order valence-electron chi connectivity index (χ4n) is 0.144. The molecule has 3 heteroatoms. The van der Waals surface area contributed by atoms with Gasteiger partial charge in [-0.3, -0.25) is 0 Å². The molecule has 0 aliphatic heterocycles. The highest BCUT2D eigenvalue weighted by molar-refractivity contribution is 7.62. The summed E-state index contributed by atoms with van der Waals surface area (Å²) in [5.41, 5.74) is 0.306. The van der Waals surface area contributed by atoms with E-state index in [0.29, 0.717) is 19.1 Å². The molecule has 1 nitrogen and oxygen atoms in total. The van der Waals surface area contributed by atoms with Crippen LogP contribution in [0.4, 0.5) is 0 Å². The quantitative estimate of drug-likeness (QED) is 0.358. The van der Waals surface area contributed by atoms with Crippen LogP contribution in [-0.2, 0) is 4.79 Å². The van der Waals surface area contributed by atoms with Crippen molar-refractivity contribution in [1.29, 1.82) is 0 Å². The lowest BCUT2D eigenvalue weighted by atomic mass is 9.99. The van der Waals surface area contributed by atoms with E-state index >= 15 is 0 Å². The zero-order valence-corrected chi connectivity index (χ0v) is 5.05. The first-order chi connectivity index (χ1) is 2.81. The van der Waals surface area contributed by atoms with Gasteiger partial charge in [-0.2, -0.15) is 9.12 Å². The van der Waals surface area contributed by atoms with Crippen molar-refractivity contribution < 1.29 is 4.79 Å². The fraction of sp³-hybridized carbons (Fsp3) is 0.667. The molecular formula is C3H8BOP. The Balaban J connectivity index is 2.99. The molecule has 0 heterocycles. The number of rotatable bonds is 2. The summed E-state index contributed by atoms with van der Waals surface area (Å²) >= 11 is 0. The second-order valence-corrected chi connectivity index (χ2v) is 1.50. The Labute approximate surface area is 40.9 Å². The second-order valence-electron chi connectivity index (χ2n) is 1.10. The second kappa shape index (κ2) is 3.36. The summed E-state index contributed by atoms with van der Waals surface area (Å²) in [6.07, 6.45) is 0.670. The zero-order valence-electron chi connectivity index (χ0n) is 3.90. The molecule has 0 fully saturated rings. The lowest BCUT2D eigenvalue weighted by Gasteiger charge is -1.79. The highest BCUT2D eigenvalue weighted by atomic mass is 31.0. The monoisotopic (exact) mass is 102 g/mol. The van der Waals surface area contributed by atoms with Gasteiger partial charge in [0.25, 0.3) is 0 Å². The molecular weight excluding hydrogens is 93.8 g/mol. The smallest absolute Gasteiger partial charge is 0.227 e. The van der Waals surface area contributed by atoms with Gasteiger partial charge in [-0.25, -0.2) is 0 Å². The third-order valence-electron chi connectivity index (χ3n) is 0.622. The number of hydrogen-bond donors (Lipinski definition) is 0. The molecule has 0 saturated carbocycles. The first-order valence-corrected chi connectivity index (χ1v) is 2.84. The lowest BCUT2D eigenvalue weighted by molar-refractivity contribution is -0.111. The minimum absolute atomic E-state index is 0.306. The molecule has 0 saturated heterocycles. The van der Waals surface area contributed by atoms with E-state index in [9.17, 15) is 4.79 Å². The molecule has 0 aromatic rings. The average molecular weight is 102 g/mol. The molecule has 0 spiro atoms. The summed E-state index contributed by atoms with van der Waals surface area (Å²) < 4.78 is 0. The van der Waals surface area contributed by atoms with Crippen molar-refractivity contribution in [2.24, 2.45) is 0 Å². The van der Waals surface area contributed by atoms with Crippen LogP contribution < -0.4 is 0 Å². The van der Waals surface area contributed by atoms with Gasteiger partial charge < -0.3 is 4.79 Å². The van der Waals surface area contributed by atoms with Crippen LogP contribution in [0.2, 0.25) is 0 Å². The molecule has 0 rings (SSSR count). The topological polar surface area (TPSA) is 17.1 Å². The maximum absolute atomic E-state index is 10.2. The van der Waals surface area contributed by atoms with Crippen molar-refractivity contribution in [2.75, 3.05) is 0 Å². The van der Waals surface area contributed by atoms with Crippen LogP contribution in [0.1, 0.15) is 13.3 Å². The standard InChI is InChI=1S/C3H8BOP/c1-2-3(5)4-6/h4H,2,6H2,1H3. The van der Waals surface area contributed by atoms with Gasteiger partial charge in [0.05, 0.1) is 5.68 Å². The summed E-state index contributed by atoms with van der Waals surface area (Å²) in [4.78, 5) is 10.2. The SMILES string of the molecule is CCC(=O)BP.